The predicted molar refractivity (Wildman–Crippen MR) is 72.4 cm³/mol. The van der Waals surface area contributed by atoms with Gasteiger partial charge in [-0.05, 0) is 51.1 Å². The zero-order chi connectivity index (χ0) is 12.6. The van der Waals surface area contributed by atoms with Crippen LogP contribution in [0, 0.1) is 5.92 Å². The zero-order valence-electron chi connectivity index (χ0n) is 9.54. The Morgan fingerprint density at radius 3 is 2.65 bits per heavy atom. The second-order valence-corrected chi connectivity index (χ2v) is 5.53. The van der Waals surface area contributed by atoms with E-state index in [1.54, 1.807) is 0 Å². The van der Waals surface area contributed by atoms with Crippen molar-refractivity contribution in [3.05, 3.63) is 34.5 Å². The first-order valence-electron chi connectivity index (χ1n) is 5.37. The molecule has 0 spiro atoms. The Morgan fingerprint density at radius 1 is 1.35 bits per heavy atom. The molecule has 0 saturated heterocycles. The van der Waals surface area contributed by atoms with Gasteiger partial charge in [0.2, 0.25) is 5.24 Å². The Kier molecular flexibility index (Phi) is 3.59. The van der Waals surface area contributed by atoms with Gasteiger partial charge in [0, 0.05) is 5.39 Å². The lowest BCUT2D eigenvalue weighted by Gasteiger charge is -2.16. The van der Waals surface area contributed by atoms with Gasteiger partial charge in [-0.25, -0.2) is 0 Å². The molecule has 0 fully saturated rings. The van der Waals surface area contributed by atoms with Crippen molar-refractivity contribution < 1.29 is 9.21 Å². The van der Waals surface area contributed by atoms with Crippen molar-refractivity contribution in [3.63, 3.8) is 0 Å². The monoisotopic (exact) mass is 314 g/mol. The average molecular weight is 316 g/mol. The summed E-state index contributed by atoms with van der Waals surface area (Å²) in [5.74, 6) is -0.124. The molecule has 0 amide bonds. The third-order valence-electron chi connectivity index (χ3n) is 2.78. The Morgan fingerprint density at radius 2 is 2.06 bits per heavy atom. The van der Waals surface area contributed by atoms with Gasteiger partial charge in [-0.15, -0.1) is 0 Å². The maximum atomic E-state index is 11.5. The minimum absolute atomic E-state index is 0.163. The molecule has 17 heavy (non-hydrogen) atoms. The van der Waals surface area contributed by atoms with Crippen LogP contribution in [0.4, 0.5) is 0 Å². The van der Waals surface area contributed by atoms with Gasteiger partial charge in [-0.2, -0.15) is 0 Å². The molecule has 0 bridgehead atoms. The zero-order valence-corrected chi connectivity index (χ0v) is 11.9. The maximum Gasteiger partial charge on any atom is 0.229 e. The topological polar surface area (TPSA) is 30.2 Å². The summed E-state index contributed by atoms with van der Waals surface area (Å²) in [4.78, 5) is 11.5. The first-order valence-corrected chi connectivity index (χ1v) is 6.54. The Hall–Kier alpha value is -0.800. The number of hydrogen-bond donors (Lipinski definition) is 0. The van der Waals surface area contributed by atoms with E-state index in [0.29, 0.717) is 4.67 Å². The highest BCUT2D eigenvalue weighted by molar-refractivity contribution is 9.10. The SMILES string of the molecule is CC(C)C(C(=O)Cl)c1ccc2cc(Br)oc2c1. The van der Waals surface area contributed by atoms with Crippen LogP contribution < -0.4 is 0 Å². The third-order valence-corrected chi connectivity index (χ3v) is 3.41. The standard InChI is InChI=1S/C13H12BrClO2/c1-7(2)12(13(15)16)9-4-3-8-6-11(14)17-10(8)5-9/h3-7,12H,1-2H3. The fourth-order valence-electron chi connectivity index (χ4n) is 1.99. The first kappa shape index (κ1) is 12.7. The second kappa shape index (κ2) is 4.83. The van der Waals surface area contributed by atoms with Crippen LogP contribution in [0.1, 0.15) is 25.3 Å². The van der Waals surface area contributed by atoms with Crippen molar-refractivity contribution in [1.82, 2.24) is 0 Å². The van der Waals surface area contributed by atoms with Crippen LogP contribution in [0.25, 0.3) is 11.0 Å². The van der Waals surface area contributed by atoms with Gasteiger partial charge in [0.05, 0.1) is 5.92 Å². The lowest BCUT2D eigenvalue weighted by atomic mass is 9.89. The molecule has 0 radical (unpaired) electrons. The molecule has 1 aromatic heterocycles. The van der Waals surface area contributed by atoms with Gasteiger partial charge in [-0.3, -0.25) is 4.79 Å². The molecule has 0 aliphatic rings. The Bertz CT molecular complexity index is 560. The summed E-state index contributed by atoms with van der Waals surface area (Å²) in [5.41, 5.74) is 1.66. The highest BCUT2D eigenvalue weighted by atomic mass is 79.9. The van der Waals surface area contributed by atoms with Crippen molar-refractivity contribution in [2.75, 3.05) is 0 Å². The summed E-state index contributed by atoms with van der Waals surface area (Å²) in [6, 6.07) is 7.64. The first-order chi connectivity index (χ1) is 7.99. The largest absolute Gasteiger partial charge is 0.449 e. The minimum atomic E-state index is -0.329. The maximum absolute atomic E-state index is 11.5. The number of carbonyl (C=O) groups is 1. The summed E-state index contributed by atoms with van der Waals surface area (Å²) in [5, 5.41) is 0.676. The lowest BCUT2D eigenvalue weighted by molar-refractivity contribution is -0.113. The van der Waals surface area contributed by atoms with Crippen LogP contribution in [0.5, 0.6) is 0 Å². The minimum Gasteiger partial charge on any atom is -0.449 e. The van der Waals surface area contributed by atoms with E-state index >= 15 is 0 Å². The van der Waals surface area contributed by atoms with Gasteiger partial charge in [-0.1, -0.05) is 26.0 Å². The van der Waals surface area contributed by atoms with Crippen LogP contribution >= 0.6 is 27.5 Å². The van der Waals surface area contributed by atoms with Crippen LogP contribution in [-0.4, -0.2) is 5.24 Å². The third kappa shape index (κ3) is 2.55. The molecular weight excluding hydrogens is 303 g/mol. The summed E-state index contributed by atoms with van der Waals surface area (Å²) in [6.07, 6.45) is 0. The Labute approximate surface area is 113 Å². The molecular formula is C13H12BrClO2. The van der Waals surface area contributed by atoms with E-state index in [0.717, 1.165) is 16.5 Å². The molecule has 4 heteroatoms. The van der Waals surface area contributed by atoms with E-state index in [9.17, 15) is 4.79 Å². The molecule has 2 aromatic rings. The summed E-state index contributed by atoms with van der Waals surface area (Å²) >= 11 is 8.94. The van der Waals surface area contributed by atoms with E-state index < -0.39 is 0 Å². The number of benzene rings is 1. The highest BCUT2D eigenvalue weighted by Crippen LogP contribution is 2.31. The van der Waals surface area contributed by atoms with E-state index in [2.05, 4.69) is 15.9 Å². The van der Waals surface area contributed by atoms with Crippen LogP contribution in [0.2, 0.25) is 0 Å². The number of rotatable bonds is 3. The van der Waals surface area contributed by atoms with Gasteiger partial charge >= 0.3 is 0 Å². The van der Waals surface area contributed by atoms with Gasteiger partial charge in [0.25, 0.3) is 0 Å². The van der Waals surface area contributed by atoms with Crippen LogP contribution in [-0.2, 0) is 4.79 Å². The van der Waals surface area contributed by atoms with Gasteiger partial charge < -0.3 is 4.42 Å². The van der Waals surface area contributed by atoms with Crippen molar-refractivity contribution in [2.45, 2.75) is 19.8 Å². The molecule has 2 nitrogen and oxygen atoms in total. The molecule has 1 unspecified atom stereocenters. The summed E-state index contributed by atoms with van der Waals surface area (Å²) < 4.78 is 6.16. The number of hydrogen-bond acceptors (Lipinski definition) is 2. The molecule has 1 heterocycles. The van der Waals surface area contributed by atoms with Crippen molar-refractivity contribution in [2.24, 2.45) is 5.92 Å². The van der Waals surface area contributed by atoms with E-state index in [4.69, 9.17) is 16.0 Å². The van der Waals surface area contributed by atoms with E-state index in [-0.39, 0.29) is 17.1 Å². The van der Waals surface area contributed by atoms with Gasteiger partial charge in [0.15, 0.2) is 4.67 Å². The van der Waals surface area contributed by atoms with Crippen LogP contribution in [0.15, 0.2) is 33.4 Å². The molecule has 0 aliphatic carbocycles. The summed E-state index contributed by atoms with van der Waals surface area (Å²) in [6.45, 7) is 3.96. The second-order valence-electron chi connectivity index (χ2n) is 4.37. The smallest absolute Gasteiger partial charge is 0.229 e. The number of halogens is 2. The summed E-state index contributed by atoms with van der Waals surface area (Å²) in [7, 11) is 0. The van der Waals surface area contributed by atoms with E-state index in [1.165, 1.54) is 0 Å². The fraction of sp³-hybridized carbons (Fsp3) is 0.308. The lowest BCUT2D eigenvalue weighted by Crippen LogP contribution is -2.13. The highest BCUT2D eigenvalue weighted by Gasteiger charge is 2.23. The number of carbonyl (C=O) groups excluding carboxylic acids is 1. The average Bonchev–Trinajstić information content (AvgIpc) is 2.56. The molecule has 2 rings (SSSR count). The number of furan rings is 1. The van der Waals surface area contributed by atoms with Crippen molar-refractivity contribution in [3.8, 4) is 0 Å². The van der Waals surface area contributed by atoms with Crippen molar-refractivity contribution >= 4 is 43.7 Å². The molecule has 90 valence electrons. The Balaban J connectivity index is 2.50. The van der Waals surface area contributed by atoms with Crippen LogP contribution in [0.3, 0.4) is 0 Å². The predicted octanol–water partition coefficient (Wildman–Crippen LogP) is 4.70. The quantitative estimate of drug-likeness (QED) is 0.768. The normalized spacial score (nSPS) is 13.2. The number of fused-ring (bicyclic) bond motifs is 1. The molecule has 0 saturated carbocycles. The molecule has 0 N–H and O–H groups in total. The molecule has 1 atom stereocenters. The van der Waals surface area contributed by atoms with E-state index in [1.807, 2.05) is 38.1 Å². The van der Waals surface area contributed by atoms with Gasteiger partial charge in [0.1, 0.15) is 5.58 Å². The van der Waals surface area contributed by atoms with Crippen molar-refractivity contribution in [1.29, 1.82) is 0 Å². The molecule has 0 aliphatic heterocycles. The molecule has 1 aromatic carbocycles. The fourth-order valence-corrected chi connectivity index (χ4v) is 2.79.